The average Bonchev–Trinajstić information content (AvgIpc) is 2.69. The average molecular weight is 424 g/mol. The predicted octanol–water partition coefficient (Wildman–Crippen LogP) is 1.26. The summed E-state index contributed by atoms with van der Waals surface area (Å²) in [5, 5.41) is 22.5. The number of rotatable bonds is 13. The topological polar surface area (TPSA) is 145 Å². The van der Waals surface area contributed by atoms with E-state index in [1.807, 2.05) is 0 Å². The maximum Gasteiger partial charge on any atom is 0.328 e. The van der Waals surface area contributed by atoms with Crippen molar-refractivity contribution in [2.45, 2.75) is 51.7 Å². The number of hydrogen-bond donors (Lipinski definition) is 2. The maximum atomic E-state index is 12.5. The lowest BCUT2D eigenvalue weighted by Gasteiger charge is -2.17. The molecule has 0 spiro atoms. The van der Waals surface area contributed by atoms with Crippen molar-refractivity contribution in [3.8, 4) is 0 Å². The van der Waals surface area contributed by atoms with Gasteiger partial charge in [0.1, 0.15) is 12.1 Å². The van der Waals surface area contributed by atoms with Gasteiger partial charge in [0.15, 0.2) is 0 Å². The Morgan fingerprint density at radius 3 is 2.30 bits per heavy atom. The van der Waals surface area contributed by atoms with Crippen LogP contribution in [0.3, 0.4) is 0 Å². The fourth-order valence-corrected chi connectivity index (χ4v) is 2.65. The van der Waals surface area contributed by atoms with Crippen LogP contribution in [0.5, 0.6) is 0 Å². The number of esters is 2. The molecular weight excluding hydrogens is 396 g/mol. The number of carbonyl (C=O) groups excluding carboxylic acids is 3. The highest BCUT2D eigenvalue weighted by atomic mass is 16.6. The quantitative estimate of drug-likeness (QED) is 0.273. The Labute approximate surface area is 174 Å². The molecule has 0 bridgehead atoms. The van der Waals surface area contributed by atoms with Gasteiger partial charge in [-0.25, -0.2) is 4.79 Å². The Balaban J connectivity index is 2.68. The molecule has 1 aromatic rings. The van der Waals surface area contributed by atoms with E-state index in [-0.39, 0.29) is 32.5 Å². The first kappa shape index (κ1) is 25.0. The van der Waals surface area contributed by atoms with Crippen molar-refractivity contribution in [3.05, 3.63) is 45.5 Å². The Bertz CT molecular complexity index is 720. The first-order chi connectivity index (χ1) is 14.3. The second-order valence-electron chi connectivity index (χ2n) is 6.53. The Kier molecular flexibility index (Phi) is 11.1. The zero-order valence-corrected chi connectivity index (χ0v) is 17.2. The molecule has 0 aliphatic carbocycles. The summed E-state index contributed by atoms with van der Waals surface area (Å²) in [6.07, 6.45) is -0.376. The van der Waals surface area contributed by atoms with Gasteiger partial charge in [0.25, 0.3) is 5.91 Å². The molecular formula is C20H28N2O8. The highest BCUT2D eigenvalue weighted by Gasteiger charge is 2.24. The Hall–Kier alpha value is -3.01. The molecule has 10 heteroatoms. The monoisotopic (exact) mass is 424 g/mol. The minimum Gasteiger partial charge on any atom is -0.466 e. The van der Waals surface area contributed by atoms with Gasteiger partial charge in [0.2, 0.25) is 6.54 Å². The number of benzene rings is 1. The van der Waals surface area contributed by atoms with Gasteiger partial charge in [-0.1, -0.05) is 12.1 Å². The van der Waals surface area contributed by atoms with E-state index in [2.05, 4.69) is 5.32 Å². The third kappa shape index (κ3) is 9.46. The summed E-state index contributed by atoms with van der Waals surface area (Å²) < 4.78 is 9.79. The van der Waals surface area contributed by atoms with Gasteiger partial charge >= 0.3 is 11.9 Å². The van der Waals surface area contributed by atoms with E-state index in [1.165, 1.54) is 0 Å². The molecule has 0 aromatic heterocycles. The minimum absolute atomic E-state index is 0.0387. The van der Waals surface area contributed by atoms with Crippen molar-refractivity contribution in [1.82, 2.24) is 5.32 Å². The van der Waals surface area contributed by atoms with Gasteiger partial charge in [0, 0.05) is 16.9 Å². The smallest absolute Gasteiger partial charge is 0.328 e. The summed E-state index contributed by atoms with van der Waals surface area (Å²) >= 11 is 0. The van der Waals surface area contributed by atoms with Gasteiger partial charge in [-0.15, -0.1) is 0 Å². The first-order valence-electron chi connectivity index (χ1n) is 9.78. The molecule has 0 aliphatic rings. The number of amides is 1. The highest BCUT2D eigenvalue weighted by molar-refractivity contribution is 5.96. The third-order valence-electron chi connectivity index (χ3n) is 4.16. The summed E-state index contributed by atoms with van der Waals surface area (Å²) in [5.41, 5.74) is 1.10. The number of nitro groups is 1. The molecule has 10 nitrogen and oxygen atoms in total. The zero-order valence-electron chi connectivity index (χ0n) is 17.2. The molecule has 0 fully saturated rings. The van der Waals surface area contributed by atoms with Gasteiger partial charge in [-0.05, 0) is 50.8 Å². The number of nitrogens with zero attached hydrogens (tertiary/aromatic N) is 1. The zero-order chi connectivity index (χ0) is 22.5. The standard InChI is InChI=1S/C20H28N2O8/c1-3-29-18(24)12-11-17(20(26)30-4-2)21-19(25)15-8-5-14(6-9-15)7-10-16(23)13-22(27)28/h5-6,8-9,16-17,23H,3-4,7,10-13H2,1-2H3,(H,21,25)/t16?,17-/m1/s1. The normalized spacial score (nSPS) is 12.5. The number of aliphatic hydroxyl groups is 1. The molecule has 166 valence electrons. The van der Waals surface area contributed by atoms with Crippen LogP contribution in [0.25, 0.3) is 0 Å². The fourth-order valence-electron chi connectivity index (χ4n) is 2.65. The SMILES string of the molecule is CCOC(=O)CC[C@@H](NC(=O)c1ccc(CCC(O)C[N+](=O)[O-])cc1)C(=O)OCC. The lowest BCUT2D eigenvalue weighted by atomic mass is 10.0. The van der Waals surface area contributed by atoms with E-state index in [4.69, 9.17) is 9.47 Å². The van der Waals surface area contributed by atoms with Gasteiger partial charge < -0.3 is 19.9 Å². The maximum absolute atomic E-state index is 12.5. The van der Waals surface area contributed by atoms with Crippen molar-refractivity contribution >= 4 is 17.8 Å². The molecule has 1 unspecified atom stereocenters. The number of nitrogens with one attached hydrogen (secondary N) is 1. The molecule has 2 atom stereocenters. The van der Waals surface area contributed by atoms with Crippen molar-refractivity contribution < 1.29 is 33.9 Å². The van der Waals surface area contributed by atoms with Gasteiger partial charge in [-0.3, -0.25) is 19.7 Å². The van der Waals surface area contributed by atoms with Crippen LogP contribution in [0, 0.1) is 10.1 Å². The molecule has 0 aliphatic heterocycles. The van der Waals surface area contributed by atoms with Crippen molar-refractivity contribution in [3.63, 3.8) is 0 Å². The molecule has 0 heterocycles. The molecule has 0 saturated heterocycles. The molecule has 2 N–H and O–H groups in total. The van der Waals surface area contributed by atoms with Crippen LogP contribution in [-0.2, 0) is 25.5 Å². The van der Waals surface area contributed by atoms with Gasteiger partial charge in [0.05, 0.1) is 13.2 Å². The molecule has 0 radical (unpaired) electrons. The van der Waals surface area contributed by atoms with Crippen LogP contribution in [0.4, 0.5) is 0 Å². The molecule has 1 aromatic carbocycles. The second-order valence-corrected chi connectivity index (χ2v) is 6.53. The lowest BCUT2D eigenvalue weighted by Crippen LogP contribution is -2.42. The molecule has 1 rings (SSSR count). The third-order valence-corrected chi connectivity index (χ3v) is 4.16. The van der Waals surface area contributed by atoms with Crippen molar-refractivity contribution in [2.24, 2.45) is 0 Å². The lowest BCUT2D eigenvalue weighted by molar-refractivity contribution is -0.490. The van der Waals surface area contributed by atoms with Crippen molar-refractivity contribution in [1.29, 1.82) is 0 Å². The van der Waals surface area contributed by atoms with Crippen LogP contribution in [0.15, 0.2) is 24.3 Å². The van der Waals surface area contributed by atoms with Crippen LogP contribution in [0.1, 0.15) is 49.0 Å². The minimum atomic E-state index is -1.03. The van der Waals surface area contributed by atoms with E-state index in [0.717, 1.165) is 5.56 Å². The largest absolute Gasteiger partial charge is 0.466 e. The predicted molar refractivity (Wildman–Crippen MR) is 106 cm³/mol. The summed E-state index contributed by atoms with van der Waals surface area (Å²) in [6, 6.07) is 5.46. The summed E-state index contributed by atoms with van der Waals surface area (Å²) in [7, 11) is 0. The number of hydrogen-bond acceptors (Lipinski definition) is 8. The second kappa shape index (κ2) is 13.3. The van der Waals surface area contributed by atoms with Crippen LogP contribution in [-0.4, -0.2) is 59.8 Å². The van der Waals surface area contributed by atoms with Crippen LogP contribution in [0.2, 0.25) is 0 Å². The van der Waals surface area contributed by atoms with Crippen LogP contribution < -0.4 is 5.32 Å². The van der Waals surface area contributed by atoms with E-state index in [9.17, 15) is 29.6 Å². The van der Waals surface area contributed by atoms with E-state index in [1.54, 1.807) is 38.1 Å². The van der Waals surface area contributed by atoms with Crippen molar-refractivity contribution in [2.75, 3.05) is 19.8 Å². The Morgan fingerprint density at radius 2 is 1.73 bits per heavy atom. The van der Waals surface area contributed by atoms with Crippen LogP contribution >= 0.6 is 0 Å². The molecule has 30 heavy (non-hydrogen) atoms. The summed E-state index contributed by atoms with van der Waals surface area (Å²) in [5.74, 6) is -1.60. The molecule has 0 saturated carbocycles. The summed E-state index contributed by atoms with van der Waals surface area (Å²) in [6.45, 7) is 3.17. The van der Waals surface area contributed by atoms with E-state index < -0.39 is 41.5 Å². The Morgan fingerprint density at radius 1 is 1.10 bits per heavy atom. The number of ether oxygens (including phenoxy) is 2. The summed E-state index contributed by atoms with van der Waals surface area (Å²) in [4.78, 5) is 45.9. The van der Waals surface area contributed by atoms with Gasteiger partial charge in [-0.2, -0.15) is 0 Å². The number of carbonyl (C=O) groups is 3. The number of aliphatic hydroxyl groups excluding tert-OH is 1. The van der Waals surface area contributed by atoms with E-state index in [0.29, 0.717) is 12.0 Å². The first-order valence-corrected chi connectivity index (χ1v) is 9.78. The highest BCUT2D eigenvalue weighted by Crippen LogP contribution is 2.10. The number of aryl methyl sites for hydroxylation is 1. The molecule has 1 amide bonds. The fraction of sp³-hybridized carbons (Fsp3) is 0.550. The van der Waals surface area contributed by atoms with E-state index >= 15 is 0 Å².